The molecule has 1 aliphatic rings. The maximum atomic E-state index is 12.7. The molecule has 9 nitrogen and oxygen atoms in total. The SMILES string of the molecule is Cc1n[nH]c(C)c1Cc1ccc(NC(=S)NC(=O)c2ccc(N3CCCC3)c([N+](=O)[O-])c2)cc1. The van der Waals surface area contributed by atoms with Crippen LogP contribution in [-0.4, -0.2) is 39.2 Å². The molecule has 3 aromatic rings. The van der Waals surface area contributed by atoms with Crippen molar-refractivity contribution in [3.63, 3.8) is 0 Å². The van der Waals surface area contributed by atoms with E-state index in [1.807, 2.05) is 43.0 Å². The van der Waals surface area contributed by atoms with E-state index >= 15 is 0 Å². The molecule has 1 fully saturated rings. The number of H-pyrrole nitrogens is 1. The molecule has 4 rings (SSSR count). The average Bonchev–Trinajstić information content (AvgIpc) is 3.46. The fourth-order valence-electron chi connectivity index (χ4n) is 4.12. The highest BCUT2D eigenvalue weighted by Gasteiger charge is 2.24. The Balaban J connectivity index is 1.38. The van der Waals surface area contributed by atoms with Crippen molar-refractivity contribution >= 4 is 40.3 Å². The predicted octanol–water partition coefficient (Wildman–Crippen LogP) is 4.25. The van der Waals surface area contributed by atoms with Crippen LogP contribution in [0.25, 0.3) is 0 Å². The van der Waals surface area contributed by atoms with Gasteiger partial charge in [-0.25, -0.2) is 0 Å². The highest BCUT2D eigenvalue weighted by Crippen LogP contribution is 2.31. The van der Waals surface area contributed by atoms with Gasteiger partial charge in [0, 0.05) is 48.1 Å². The van der Waals surface area contributed by atoms with Crippen molar-refractivity contribution in [2.75, 3.05) is 23.3 Å². The third kappa shape index (κ3) is 5.23. The van der Waals surface area contributed by atoms with Gasteiger partial charge in [0.05, 0.1) is 10.6 Å². The van der Waals surface area contributed by atoms with Gasteiger partial charge >= 0.3 is 0 Å². The Morgan fingerprint density at radius 2 is 1.88 bits per heavy atom. The Morgan fingerprint density at radius 3 is 2.50 bits per heavy atom. The first-order valence-electron chi connectivity index (χ1n) is 11.1. The summed E-state index contributed by atoms with van der Waals surface area (Å²) >= 11 is 5.27. The molecule has 34 heavy (non-hydrogen) atoms. The van der Waals surface area contributed by atoms with Crippen molar-refractivity contribution in [3.05, 3.63) is 80.7 Å². The number of amides is 1. The summed E-state index contributed by atoms with van der Waals surface area (Å²) in [6.07, 6.45) is 2.77. The highest BCUT2D eigenvalue weighted by molar-refractivity contribution is 7.80. The number of nitro groups is 1. The van der Waals surface area contributed by atoms with E-state index in [0.29, 0.717) is 5.69 Å². The molecular formula is C24H26N6O3S. The van der Waals surface area contributed by atoms with Crippen LogP contribution < -0.4 is 15.5 Å². The molecule has 0 spiro atoms. The molecule has 1 saturated heterocycles. The third-order valence-electron chi connectivity index (χ3n) is 5.98. The fraction of sp³-hybridized carbons (Fsp3) is 0.292. The maximum absolute atomic E-state index is 12.7. The molecule has 0 atom stereocenters. The van der Waals surface area contributed by atoms with Gasteiger partial charge in [0.1, 0.15) is 5.69 Å². The van der Waals surface area contributed by atoms with Crippen molar-refractivity contribution in [2.45, 2.75) is 33.1 Å². The predicted molar refractivity (Wildman–Crippen MR) is 136 cm³/mol. The van der Waals surface area contributed by atoms with Gasteiger partial charge in [-0.05, 0) is 68.7 Å². The minimum absolute atomic E-state index is 0.0767. The molecule has 0 unspecified atom stereocenters. The summed E-state index contributed by atoms with van der Waals surface area (Å²) in [6, 6.07) is 12.3. The average molecular weight is 479 g/mol. The van der Waals surface area contributed by atoms with Gasteiger partial charge in [-0.3, -0.25) is 25.3 Å². The van der Waals surface area contributed by atoms with E-state index in [2.05, 4.69) is 20.8 Å². The van der Waals surface area contributed by atoms with Crippen LogP contribution in [-0.2, 0) is 6.42 Å². The fourth-order valence-corrected chi connectivity index (χ4v) is 4.33. The summed E-state index contributed by atoms with van der Waals surface area (Å²) in [5.74, 6) is -0.504. The van der Waals surface area contributed by atoms with Crippen LogP contribution in [0.3, 0.4) is 0 Å². The van der Waals surface area contributed by atoms with E-state index in [1.165, 1.54) is 11.6 Å². The molecule has 3 N–H and O–H groups in total. The molecule has 2 aromatic carbocycles. The number of nitro benzene ring substituents is 1. The van der Waals surface area contributed by atoms with E-state index < -0.39 is 10.8 Å². The molecule has 176 valence electrons. The molecule has 1 aromatic heterocycles. The summed E-state index contributed by atoms with van der Waals surface area (Å²) in [6.45, 7) is 5.53. The molecule has 0 aliphatic carbocycles. The molecule has 1 aliphatic heterocycles. The number of aryl methyl sites for hydroxylation is 2. The van der Waals surface area contributed by atoms with Gasteiger partial charge in [0.15, 0.2) is 5.11 Å². The minimum Gasteiger partial charge on any atom is -0.366 e. The standard InChI is InChI=1S/C24H26N6O3S/c1-15-20(16(2)28-27-15)13-17-5-8-19(9-6-17)25-24(34)26-23(31)18-7-10-21(22(14-18)30(32)33)29-11-3-4-12-29/h5-10,14H,3-4,11-13H2,1-2H3,(H,27,28)(H2,25,26,31,34). The van der Waals surface area contributed by atoms with Crippen molar-refractivity contribution in [2.24, 2.45) is 0 Å². The van der Waals surface area contributed by atoms with Crippen LogP contribution >= 0.6 is 12.2 Å². The van der Waals surface area contributed by atoms with Gasteiger partial charge in [0.2, 0.25) is 0 Å². The van der Waals surface area contributed by atoms with Gasteiger partial charge in [-0.15, -0.1) is 0 Å². The summed E-state index contributed by atoms with van der Waals surface area (Å²) in [4.78, 5) is 25.8. The zero-order valence-electron chi connectivity index (χ0n) is 19.1. The summed E-state index contributed by atoms with van der Waals surface area (Å²) in [5.41, 5.74) is 5.71. The summed E-state index contributed by atoms with van der Waals surface area (Å²) in [5, 5.41) is 24.5. The quantitative estimate of drug-likeness (QED) is 0.275. The van der Waals surface area contributed by atoms with Crippen LogP contribution in [0.5, 0.6) is 0 Å². The highest BCUT2D eigenvalue weighted by atomic mass is 32.1. The minimum atomic E-state index is -0.504. The number of carbonyl (C=O) groups excluding carboxylic acids is 1. The number of nitrogens with zero attached hydrogens (tertiary/aromatic N) is 3. The second-order valence-electron chi connectivity index (χ2n) is 8.35. The number of nitrogens with one attached hydrogen (secondary N) is 3. The lowest BCUT2D eigenvalue weighted by molar-refractivity contribution is -0.384. The van der Waals surface area contributed by atoms with Gasteiger partial charge < -0.3 is 10.2 Å². The number of carbonyl (C=O) groups is 1. The monoisotopic (exact) mass is 478 g/mol. The molecule has 0 bridgehead atoms. The smallest absolute Gasteiger partial charge is 0.293 e. The first-order valence-corrected chi connectivity index (χ1v) is 11.5. The number of aromatic nitrogens is 2. The largest absolute Gasteiger partial charge is 0.366 e. The number of thiocarbonyl (C=S) groups is 1. The number of benzene rings is 2. The van der Waals surface area contributed by atoms with Crippen molar-refractivity contribution in [3.8, 4) is 0 Å². The van der Waals surface area contributed by atoms with E-state index in [-0.39, 0.29) is 16.4 Å². The first kappa shape index (κ1) is 23.4. The molecule has 1 amide bonds. The molecule has 0 radical (unpaired) electrons. The Hall–Kier alpha value is -3.79. The maximum Gasteiger partial charge on any atom is 0.293 e. The topological polar surface area (TPSA) is 116 Å². The van der Waals surface area contributed by atoms with Crippen LogP contribution in [0.4, 0.5) is 17.1 Å². The van der Waals surface area contributed by atoms with Gasteiger partial charge in [-0.1, -0.05) is 12.1 Å². The van der Waals surface area contributed by atoms with E-state index in [1.54, 1.807) is 12.1 Å². The van der Waals surface area contributed by atoms with Crippen molar-refractivity contribution < 1.29 is 9.72 Å². The number of hydrogen-bond donors (Lipinski definition) is 3. The number of rotatable bonds is 6. The zero-order chi connectivity index (χ0) is 24.2. The first-order chi connectivity index (χ1) is 16.3. The van der Waals surface area contributed by atoms with Crippen molar-refractivity contribution in [1.82, 2.24) is 15.5 Å². The van der Waals surface area contributed by atoms with Crippen LogP contribution in [0.15, 0.2) is 42.5 Å². The summed E-state index contributed by atoms with van der Waals surface area (Å²) in [7, 11) is 0. The van der Waals surface area contributed by atoms with E-state index in [4.69, 9.17) is 12.2 Å². The lowest BCUT2D eigenvalue weighted by Crippen LogP contribution is -2.34. The molecule has 0 saturated carbocycles. The zero-order valence-corrected chi connectivity index (χ0v) is 19.9. The Morgan fingerprint density at radius 1 is 1.18 bits per heavy atom. The molecule has 10 heteroatoms. The van der Waals surface area contributed by atoms with E-state index in [9.17, 15) is 14.9 Å². The third-order valence-corrected chi connectivity index (χ3v) is 6.19. The van der Waals surface area contributed by atoms with Gasteiger partial charge in [-0.2, -0.15) is 5.10 Å². The summed E-state index contributed by atoms with van der Waals surface area (Å²) < 4.78 is 0. The van der Waals surface area contributed by atoms with Crippen LogP contribution in [0.2, 0.25) is 0 Å². The van der Waals surface area contributed by atoms with Gasteiger partial charge in [0.25, 0.3) is 11.6 Å². The van der Waals surface area contributed by atoms with E-state index in [0.717, 1.165) is 55.0 Å². The molecular weight excluding hydrogens is 452 g/mol. The van der Waals surface area contributed by atoms with Crippen LogP contribution in [0, 0.1) is 24.0 Å². The number of aromatic amines is 1. The number of anilines is 2. The second-order valence-corrected chi connectivity index (χ2v) is 8.76. The Labute approximate surface area is 202 Å². The Kier molecular flexibility index (Phi) is 6.87. The molecule has 2 heterocycles. The second kappa shape index (κ2) is 10.0. The van der Waals surface area contributed by atoms with Crippen molar-refractivity contribution in [1.29, 1.82) is 0 Å². The Bertz CT molecular complexity index is 1210. The normalized spacial score (nSPS) is 13.1. The lowest BCUT2D eigenvalue weighted by Gasteiger charge is -2.18. The number of hydrogen-bond acceptors (Lipinski definition) is 6. The van der Waals surface area contributed by atoms with Crippen LogP contribution in [0.1, 0.15) is 45.7 Å². The lowest BCUT2D eigenvalue weighted by atomic mass is 10.0.